The summed E-state index contributed by atoms with van der Waals surface area (Å²) in [6, 6.07) is 13.3. The van der Waals surface area contributed by atoms with Crippen LogP contribution in [0.2, 0.25) is 0 Å². The topological polar surface area (TPSA) is 80.5 Å². The number of ether oxygens (including phenoxy) is 1. The van der Waals surface area contributed by atoms with Crippen molar-refractivity contribution in [3.63, 3.8) is 0 Å². The summed E-state index contributed by atoms with van der Waals surface area (Å²) in [5.74, 6) is 0.596. The number of methoxy groups -OCH3 is 1. The molecule has 7 nitrogen and oxygen atoms in total. The largest absolute Gasteiger partial charge is 0.497 e. The van der Waals surface area contributed by atoms with E-state index >= 15 is 0 Å². The lowest BCUT2D eigenvalue weighted by Crippen LogP contribution is -2.51. The third-order valence-electron chi connectivity index (χ3n) is 7.40. The Bertz CT molecular complexity index is 1140. The quantitative estimate of drug-likeness (QED) is 0.582. The van der Waals surface area contributed by atoms with E-state index in [1.54, 1.807) is 30.1 Å². The van der Waals surface area contributed by atoms with Gasteiger partial charge in [0.15, 0.2) is 0 Å². The van der Waals surface area contributed by atoms with Crippen molar-refractivity contribution in [2.75, 3.05) is 13.7 Å². The lowest BCUT2D eigenvalue weighted by Gasteiger charge is -2.44. The number of piperidine rings is 1. The average Bonchev–Trinajstić information content (AvgIpc) is 3.39. The van der Waals surface area contributed by atoms with Gasteiger partial charge in [0.05, 0.1) is 31.5 Å². The smallest absolute Gasteiger partial charge is 0.226 e. The van der Waals surface area contributed by atoms with Crippen LogP contribution in [0.3, 0.4) is 0 Å². The number of aliphatic hydroxyl groups is 1. The summed E-state index contributed by atoms with van der Waals surface area (Å²) in [5, 5.41) is 19.7. The van der Waals surface area contributed by atoms with Crippen molar-refractivity contribution in [3.8, 4) is 17.0 Å². The van der Waals surface area contributed by atoms with Crippen LogP contribution in [-0.2, 0) is 4.79 Å². The van der Waals surface area contributed by atoms with Crippen LogP contribution in [0.4, 0.5) is 4.39 Å². The average molecular weight is 479 g/mol. The number of hydrogen-bond acceptors (Lipinski definition) is 5. The number of aliphatic hydroxyl groups excluding tert-OH is 1. The van der Waals surface area contributed by atoms with Gasteiger partial charge in [-0.25, -0.2) is 9.07 Å². The first-order chi connectivity index (χ1) is 17.0. The molecular formula is C27H31FN4O3. The fourth-order valence-corrected chi connectivity index (χ4v) is 5.41. The number of carbonyl (C=O) groups is 1. The highest BCUT2D eigenvalue weighted by Crippen LogP contribution is 2.40. The Morgan fingerprint density at radius 3 is 2.46 bits per heavy atom. The van der Waals surface area contributed by atoms with Gasteiger partial charge in [0.25, 0.3) is 0 Å². The standard InChI is InChI=1S/C27H31FN4O3/c1-35-22-13-9-19(10-14-22)24-15-25(26(33)17-31(24)27(34)20-5-3-2-4-6-20)32-16-23(29-30-32)18-7-11-21(28)12-8-18/h7-14,16,20,24-26,33H,2-6,15,17H2,1H3/t24-,25-,26-/m1/s1. The van der Waals surface area contributed by atoms with Crippen molar-refractivity contribution in [3.05, 3.63) is 66.1 Å². The SMILES string of the molecule is COc1ccc([C@H]2C[C@@H](n3cc(-c4ccc(F)cc4)nn3)[C@H](O)CN2C(=O)C2CCCCC2)cc1. The molecule has 1 aliphatic carbocycles. The predicted molar refractivity (Wildman–Crippen MR) is 129 cm³/mol. The maximum Gasteiger partial charge on any atom is 0.226 e. The Kier molecular flexibility index (Phi) is 6.81. The fourth-order valence-electron chi connectivity index (χ4n) is 5.41. The number of likely N-dealkylation sites (tertiary alicyclic amines) is 1. The van der Waals surface area contributed by atoms with Crippen molar-refractivity contribution in [1.29, 1.82) is 0 Å². The summed E-state index contributed by atoms with van der Waals surface area (Å²) in [5.41, 5.74) is 2.37. The monoisotopic (exact) mass is 478 g/mol. The van der Waals surface area contributed by atoms with Crippen LogP contribution in [0, 0.1) is 11.7 Å². The second-order valence-electron chi connectivity index (χ2n) is 9.58. The maximum absolute atomic E-state index is 13.6. The Balaban J connectivity index is 1.43. The molecule has 0 radical (unpaired) electrons. The van der Waals surface area contributed by atoms with Gasteiger partial charge < -0.3 is 14.7 Å². The minimum atomic E-state index is -0.778. The van der Waals surface area contributed by atoms with Gasteiger partial charge >= 0.3 is 0 Å². The highest BCUT2D eigenvalue weighted by molar-refractivity contribution is 5.79. The molecule has 0 bridgehead atoms. The Morgan fingerprint density at radius 2 is 1.77 bits per heavy atom. The van der Waals surface area contributed by atoms with Crippen LogP contribution in [0.5, 0.6) is 5.75 Å². The molecule has 2 fully saturated rings. The molecule has 5 rings (SSSR count). The molecule has 0 spiro atoms. The van der Waals surface area contributed by atoms with E-state index in [0.717, 1.165) is 42.6 Å². The van der Waals surface area contributed by atoms with E-state index < -0.39 is 6.10 Å². The first-order valence-electron chi connectivity index (χ1n) is 12.3. The van der Waals surface area contributed by atoms with Gasteiger partial charge in [0.1, 0.15) is 17.3 Å². The molecule has 1 saturated heterocycles. The summed E-state index contributed by atoms with van der Waals surface area (Å²) >= 11 is 0. The molecule has 1 N–H and O–H groups in total. The van der Waals surface area contributed by atoms with Crippen LogP contribution in [0.25, 0.3) is 11.3 Å². The highest BCUT2D eigenvalue weighted by atomic mass is 19.1. The van der Waals surface area contributed by atoms with Gasteiger partial charge in [-0.3, -0.25) is 4.79 Å². The summed E-state index contributed by atoms with van der Waals surface area (Å²) in [4.78, 5) is 15.5. The molecule has 2 heterocycles. The number of halogens is 1. The zero-order chi connectivity index (χ0) is 24.4. The van der Waals surface area contributed by atoms with Gasteiger partial charge in [-0.05, 0) is 61.2 Å². The lowest BCUT2D eigenvalue weighted by molar-refractivity contribution is -0.145. The molecule has 1 aromatic heterocycles. The minimum Gasteiger partial charge on any atom is -0.497 e. The molecule has 1 saturated carbocycles. The summed E-state index contributed by atoms with van der Waals surface area (Å²) in [6.45, 7) is 0.239. The second-order valence-corrected chi connectivity index (χ2v) is 9.58. The van der Waals surface area contributed by atoms with Gasteiger partial charge in [-0.1, -0.05) is 36.6 Å². The van der Waals surface area contributed by atoms with Crippen molar-refractivity contribution < 1.29 is 19.0 Å². The van der Waals surface area contributed by atoms with E-state index in [2.05, 4.69) is 10.3 Å². The van der Waals surface area contributed by atoms with E-state index in [-0.39, 0.29) is 36.3 Å². The summed E-state index contributed by atoms with van der Waals surface area (Å²) < 4.78 is 20.3. The van der Waals surface area contributed by atoms with Crippen LogP contribution in [0.15, 0.2) is 54.7 Å². The Hall–Kier alpha value is -3.26. The van der Waals surface area contributed by atoms with Crippen LogP contribution < -0.4 is 4.74 Å². The summed E-state index contributed by atoms with van der Waals surface area (Å²) in [7, 11) is 1.63. The van der Waals surface area contributed by atoms with Crippen LogP contribution in [-0.4, -0.2) is 50.7 Å². The number of benzene rings is 2. The number of nitrogens with zero attached hydrogens (tertiary/aromatic N) is 4. The van der Waals surface area contributed by atoms with Crippen molar-refractivity contribution in [2.45, 2.75) is 56.7 Å². The molecule has 1 amide bonds. The van der Waals surface area contributed by atoms with E-state index in [9.17, 15) is 14.3 Å². The van der Waals surface area contributed by atoms with Gasteiger partial charge in [0, 0.05) is 18.0 Å². The second kappa shape index (κ2) is 10.2. The van der Waals surface area contributed by atoms with Crippen molar-refractivity contribution >= 4 is 5.91 Å². The number of rotatable bonds is 5. The zero-order valence-corrected chi connectivity index (χ0v) is 19.9. The molecule has 8 heteroatoms. The van der Waals surface area contributed by atoms with Gasteiger partial charge in [0.2, 0.25) is 5.91 Å². The van der Waals surface area contributed by atoms with E-state index in [1.165, 1.54) is 18.6 Å². The molecule has 184 valence electrons. The number of aromatic nitrogens is 3. The number of carbonyl (C=O) groups excluding carboxylic acids is 1. The number of β-amino-alcohol motifs (C(OH)–C–C–N with tert-alkyl or cyclic N) is 1. The zero-order valence-electron chi connectivity index (χ0n) is 19.9. The molecule has 2 aromatic carbocycles. The van der Waals surface area contributed by atoms with Crippen molar-refractivity contribution in [1.82, 2.24) is 19.9 Å². The van der Waals surface area contributed by atoms with E-state index in [0.29, 0.717) is 12.1 Å². The Morgan fingerprint density at radius 1 is 1.06 bits per heavy atom. The van der Waals surface area contributed by atoms with Gasteiger partial charge in [-0.15, -0.1) is 5.10 Å². The summed E-state index contributed by atoms with van der Waals surface area (Å²) in [6.07, 6.45) is 6.67. The molecular weight excluding hydrogens is 447 g/mol. The lowest BCUT2D eigenvalue weighted by atomic mass is 9.84. The molecule has 2 aliphatic rings. The predicted octanol–water partition coefficient (Wildman–Crippen LogP) is 4.55. The third kappa shape index (κ3) is 4.93. The van der Waals surface area contributed by atoms with E-state index in [4.69, 9.17) is 4.74 Å². The molecule has 1 aliphatic heterocycles. The first-order valence-corrected chi connectivity index (χ1v) is 12.3. The minimum absolute atomic E-state index is 0.0182. The molecule has 3 atom stereocenters. The van der Waals surface area contributed by atoms with Crippen LogP contribution in [0.1, 0.15) is 56.2 Å². The first kappa shape index (κ1) is 23.5. The van der Waals surface area contributed by atoms with Crippen molar-refractivity contribution in [2.24, 2.45) is 5.92 Å². The normalized spacial score (nSPS) is 23.3. The maximum atomic E-state index is 13.6. The molecule has 0 unspecified atom stereocenters. The Labute approximate surface area is 204 Å². The van der Waals surface area contributed by atoms with Crippen LogP contribution >= 0.6 is 0 Å². The van der Waals surface area contributed by atoms with E-state index in [1.807, 2.05) is 29.2 Å². The molecule has 3 aromatic rings. The molecule has 35 heavy (non-hydrogen) atoms. The third-order valence-corrected chi connectivity index (χ3v) is 7.40. The fraction of sp³-hybridized carbons (Fsp3) is 0.444. The number of amides is 1. The highest BCUT2D eigenvalue weighted by Gasteiger charge is 2.41. The van der Waals surface area contributed by atoms with Gasteiger partial charge in [-0.2, -0.15) is 0 Å². The number of hydrogen-bond donors (Lipinski definition) is 1.